The van der Waals surface area contributed by atoms with Crippen LogP contribution in [0.5, 0.6) is 0 Å². The van der Waals surface area contributed by atoms with Crippen LogP contribution in [0.15, 0.2) is 12.2 Å². The van der Waals surface area contributed by atoms with Crippen molar-refractivity contribution in [3.8, 4) is 0 Å². The number of aliphatic hydroxyl groups is 5. The van der Waals surface area contributed by atoms with Crippen molar-refractivity contribution in [2.45, 2.75) is 56.4 Å². The van der Waals surface area contributed by atoms with E-state index >= 15 is 0 Å². The number of unbranched alkanes of at least 4 members (excludes halogenated alkanes) is 2. The summed E-state index contributed by atoms with van der Waals surface area (Å²) in [6.45, 7) is 1.46. The fourth-order valence-corrected chi connectivity index (χ4v) is 1.96. The molecule has 1 aliphatic heterocycles. The van der Waals surface area contributed by atoms with Crippen molar-refractivity contribution in [3.05, 3.63) is 12.2 Å². The lowest BCUT2D eigenvalue weighted by Crippen LogP contribution is -2.66. The van der Waals surface area contributed by atoms with E-state index in [4.69, 9.17) is 9.84 Å². The molecule has 0 spiro atoms. The second-order valence-corrected chi connectivity index (χ2v) is 4.57. The van der Waals surface area contributed by atoms with Gasteiger partial charge in [-0.15, -0.1) is 0 Å². The Kier molecular flexibility index (Phi) is 5.71. The fourth-order valence-electron chi connectivity index (χ4n) is 1.96. The van der Waals surface area contributed by atoms with Gasteiger partial charge in [0.05, 0.1) is 6.61 Å². The normalized spacial score (nSPS) is 41.4. The topological polar surface area (TPSA) is 110 Å². The lowest BCUT2D eigenvalue weighted by Gasteiger charge is -2.44. The molecule has 1 heterocycles. The van der Waals surface area contributed by atoms with Crippen LogP contribution in [0.1, 0.15) is 26.2 Å². The van der Waals surface area contributed by atoms with Gasteiger partial charge in [0.2, 0.25) is 0 Å². The molecule has 1 aliphatic rings. The molecule has 0 aromatic rings. The van der Waals surface area contributed by atoms with Crippen LogP contribution in [0.2, 0.25) is 0 Å². The summed E-state index contributed by atoms with van der Waals surface area (Å²) in [4.78, 5) is 0. The number of hydrogen-bond acceptors (Lipinski definition) is 6. The van der Waals surface area contributed by atoms with E-state index < -0.39 is 36.8 Å². The maximum atomic E-state index is 10.2. The Hall–Kier alpha value is -0.500. The molecule has 6 nitrogen and oxygen atoms in total. The minimum absolute atomic E-state index is 0.559. The third-order valence-corrected chi connectivity index (χ3v) is 3.17. The summed E-state index contributed by atoms with van der Waals surface area (Å²) < 4.78 is 4.79. The average molecular weight is 262 g/mol. The summed E-state index contributed by atoms with van der Waals surface area (Å²) in [5, 5.41) is 48.3. The number of ether oxygens (including phenoxy) is 1. The Bertz CT molecular complexity index is 282. The maximum absolute atomic E-state index is 10.2. The van der Waals surface area contributed by atoms with Crippen LogP contribution in [0.4, 0.5) is 0 Å². The highest BCUT2D eigenvalue weighted by atomic mass is 16.6. The molecule has 0 aliphatic carbocycles. The number of aliphatic hydroxyl groups excluding tert-OH is 4. The predicted molar refractivity (Wildman–Crippen MR) is 63.6 cm³/mol. The number of rotatable bonds is 5. The molecule has 0 bridgehead atoms. The van der Waals surface area contributed by atoms with E-state index in [9.17, 15) is 20.4 Å². The molecule has 18 heavy (non-hydrogen) atoms. The van der Waals surface area contributed by atoms with Crippen LogP contribution in [-0.4, -0.2) is 62.3 Å². The zero-order valence-electron chi connectivity index (χ0n) is 10.4. The molecular weight excluding hydrogens is 240 g/mol. The first-order chi connectivity index (χ1) is 8.47. The van der Waals surface area contributed by atoms with Crippen LogP contribution in [0.3, 0.4) is 0 Å². The van der Waals surface area contributed by atoms with Gasteiger partial charge in [-0.1, -0.05) is 31.9 Å². The molecule has 0 unspecified atom stereocenters. The molecular formula is C12H22O6. The van der Waals surface area contributed by atoms with E-state index in [0.717, 1.165) is 12.8 Å². The van der Waals surface area contributed by atoms with Gasteiger partial charge in [0, 0.05) is 0 Å². The highest BCUT2D eigenvalue weighted by molar-refractivity contribution is 5.14. The summed E-state index contributed by atoms with van der Waals surface area (Å²) in [7, 11) is 0. The van der Waals surface area contributed by atoms with Gasteiger partial charge in [0.15, 0.2) is 6.29 Å². The molecule has 0 amide bonds. The summed E-state index contributed by atoms with van der Waals surface area (Å²) in [5.74, 6) is 0. The summed E-state index contributed by atoms with van der Waals surface area (Å²) in [5.41, 5.74) is -2.02. The number of hydrogen-bond donors (Lipinski definition) is 5. The third-order valence-electron chi connectivity index (χ3n) is 3.17. The molecule has 0 aromatic carbocycles. The van der Waals surface area contributed by atoms with Crippen LogP contribution in [0, 0.1) is 0 Å². The van der Waals surface area contributed by atoms with Gasteiger partial charge in [-0.05, 0) is 6.42 Å². The summed E-state index contributed by atoms with van der Waals surface area (Å²) in [6, 6.07) is 0. The van der Waals surface area contributed by atoms with E-state index in [-0.39, 0.29) is 0 Å². The molecule has 0 aromatic heterocycles. The Labute approximate surface area is 106 Å². The Morgan fingerprint density at radius 3 is 2.44 bits per heavy atom. The van der Waals surface area contributed by atoms with Crippen LogP contribution in [-0.2, 0) is 4.74 Å². The summed E-state index contributed by atoms with van der Waals surface area (Å²) >= 11 is 0. The first kappa shape index (κ1) is 15.6. The first-order valence-corrected chi connectivity index (χ1v) is 6.18. The van der Waals surface area contributed by atoms with Crippen molar-refractivity contribution in [1.29, 1.82) is 0 Å². The van der Waals surface area contributed by atoms with Crippen LogP contribution in [0.25, 0.3) is 0 Å². The molecule has 0 radical (unpaired) electrons. The van der Waals surface area contributed by atoms with E-state index in [1.807, 2.05) is 6.92 Å². The Morgan fingerprint density at radius 1 is 1.22 bits per heavy atom. The van der Waals surface area contributed by atoms with Gasteiger partial charge in [-0.25, -0.2) is 0 Å². The van der Waals surface area contributed by atoms with Crippen LogP contribution < -0.4 is 0 Å². The molecule has 1 fully saturated rings. The molecule has 106 valence electrons. The minimum atomic E-state index is -2.02. The number of allylic oxidation sites excluding steroid dienone is 1. The predicted octanol–water partition coefficient (Wildman–Crippen LogP) is -1.10. The molecule has 1 saturated heterocycles. The van der Waals surface area contributed by atoms with E-state index in [2.05, 4.69) is 0 Å². The van der Waals surface area contributed by atoms with E-state index in [1.54, 1.807) is 6.08 Å². The third kappa shape index (κ3) is 3.09. The largest absolute Gasteiger partial charge is 0.394 e. The zero-order chi connectivity index (χ0) is 13.8. The van der Waals surface area contributed by atoms with Crippen LogP contribution >= 0.6 is 0 Å². The SMILES string of the molecule is CCCC/C=C\[C@]1(O)[C@H](O)[C@@H](CO)O[C@@H](O)[C@@H]1O. The molecule has 1 rings (SSSR count). The molecule has 5 N–H and O–H groups in total. The van der Waals surface area contributed by atoms with Crippen molar-refractivity contribution in [2.75, 3.05) is 6.61 Å². The quantitative estimate of drug-likeness (QED) is 0.317. The van der Waals surface area contributed by atoms with Crippen molar-refractivity contribution >= 4 is 0 Å². The standard InChI is InChI=1S/C12H22O6/c1-2-3-4-5-6-12(17)9(14)8(7-13)18-11(16)10(12)15/h5-6,8-11,13-17H,2-4,7H2,1H3/b6-5-/t8-,9-,10+,11-,12+/m1/s1. The minimum Gasteiger partial charge on any atom is -0.394 e. The molecule has 5 atom stereocenters. The van der Waals surface area contributed by atoms with Crippen molar-refractivity contribution in [2.24, 2.45) is 0 Å². The zero-order valence-corrected chi connectivity index (χ0v) is 10.4. The first-order valence-electron chi connectivity index (χ1n) is 6.18. The monoisotopic (exact) mass is 262 g/mol. The average Bonchev–Trinajstić information content (AvgIpc) is 2.37. The molecule has 6 heteroatoms. The van der Waals surface area contributed by atoms with Gasteiger partial charge >= 0.3 is 0 Å². The van der Waals surface area contributed by atoms with E-state index in [1.165, 1.54) is 6.08 Å². The highest BCUT2D eigenvalue weighted by Crippen LogP contribution is 2.30. The Balaban J connectivity index is 2.81. The second kappa shape index (κ2) is 6.60. The fraction of sp³-hybridized carbons (Fsp3) is 0.833. The lowest BCUT2D eigenvalue weighted by molar-refractivity contribution is -0.308. The second-order valence-electron chi connectivity index (χ2n) is 4.57. The van der Waals surface area contributed by atoms with Gasteiger partial charge in [0.25, 0.3) is 0 Å². The van der Waals surface area contributed by atoms with Crippen molar-refractivity contribution in [1.82, 2.24) is 0 Å². The van der Waals surface area contributed by atoms with Gasteiger partial charge < -0.3 is 30.3 Å². The maximum Gasteiger partial charge on any atom is 0.184 e. The highest BCUT2D eigenvalue weighted by Gasteiger charge is 2.52. The van der Waals surface area contributed by atoms with Crippen molar-refractivity contribution in [3.63, 3.8) is 0 Å². The van der Waals surface area contributed by atoms with Gasteiger partial charge in [0.1, 0.15) is 23.9 Å². The lowest BCUT2D eigenvalue weighted by atomic mass is 9.83. The Morgan fingerprint density at radius 2 is 1.89 bits per heavy atom. The van der Waals surface area contributed by atoms with Gasteiger partial charge in [-0.3, -0.25) is 0 Å². The van der Waals surface area contributed by atoms with Crippen molar-refractivity contribution < 1.29 is 30.3 Å². The van der Waals surface area contributed by atoms with Gasteiger partial charge in [-0.2, -0.15) is 0 Å². The molecule has 0 saturated carbocycles. The summed E-state index contributed by atoms with van der Waals surface area (Å²) in [6.07, 6.45) is -0.434. The van der Waals surface area contributed by atoms with E-state index in [0.29, 0.717) is 6.42 Å². The smallest absolute Gasteiger partial charge is 0.184 e.